The molecule has 0 saturated heterocycles. The Morgan fingerprint density at radius 3 is 2.90 bits per heavy atom. The van der Waals surface area contributed by atoms with E-state index in [-0.39, 0.29) is 12.0 Å². The molecule has 0 bridgehead atoms. The number of aldehydes is 1. The minimum Gasteiger partial charge on any atom is -0.474 e. The van der Waals surface area contributed by atoms with Crippen molar-refractivity contribution in [1.82, 2.24) is 19.7 Å². The van der Waals surface area contributed by atoms with Gasteiger partial charge in [0.25, 0.3) is 0 Å². The standard InChI is InChI=1S/C21H25N5O2S/c1-26-12-14(11-22-26)23-21-24-19(28-15-5-3-2-4-6-15)18-17-13(9-10-27)7-8-16(17)29-20(18)25-21/h10-13,15H,2-9H2,1H3,(H,23,24,25). The van der Waals surface area contributed by atoms with Gasteiger partial charge >= 0.3 is 0 Å². The summed E-state index contributed by atoms with van der Waals surface area (Å²) >= 11 is 1.71. The summed E-state index contributed by atoms with van der Waals surface area (Å²) in [5.41, 5.74) is 2.09. The lowest BCUT2D eigenvalue weighted by Gasteiger charge is -2.23. The second kappa shape index (κ2) is 7.74. The molecule has 0 aromatic carbocycles. The van der Waals surface area contributed by atoms with Gasteiger partial charge in [0.1, 0.15) is 17.2 Å². The van der Waals surface area contributed by atoms with Gasteiger partial charge in [-0.25, -0.2) is 4.98 Å². The molecule has 0 spiro atoms. The van der Waals surface area contributed by atoms with Crippen LogP contribution in [0.1, 0.15) is 61.3 Å². The van der Waals surface area contributed by atoms with Crippen LogP contribution in [0.25, 0.3) is 10.2 Å². The Morgan fingerprint density at radius 1 is 1.28 bits per heavy atom. The highest BCUT2D eigenvalue weighted by Gasteiger charge is 2.31. The van der Waals surface area contributed by atoms with Gasteiger partial charge in [-0.3, -0.25) is 4.68 Å². The van der Waals surface area contributed by atoms with Crippen LogP contribution in [0, 0.1) is 0 Å². The first kappa shape index (κ1) is 18.5. The second-order valence-corrected chi connectivity index (χ2v) is 9.10. The minimum absolute atomic E-state index is 0.203. The molecule has 2 aliphatic rings. The van der Waals surface area contributed by atoms with Crippen molar-refractivity contribution in [3.8, 4) is 5.88 Å². The minimum atomic E-state index is 0.203. The highest BCUT2D eigenvalue weighted by Crippen LogP contribution is 2.47. The first-order valence-corrected chi connectivity index (χ1v) is 11.2. The molecule has 29 heavy (non-hydrogen) atoms. The molecule has 0 aliphatic heterocycles. The summed E-state index contributed by atoms with van der Waals surface area (Å²) in [6, 6.07) is 0. The zero-order valence-electron chi connectivity index (χ0n) is 16.6. The summed E-state index contributed by atoms with van der Waals surface area (Å²) in [6.07, 6.45) is 13.3. The SMILES string of the molecule is Cn1cc(Nc2nc(OC3CCCCC3)c3c4c(sc3n2)CCC4CC=O)cn1. The number of carbonyl (C=O) groups excluding carboxylic acids is 1. The van der Waals surface area contributed by atoms with Crippen LogP contribution in [-0.4, -0.2) is 32.1 Å². The number of nitrogens with one attached hydrogen (secondary N) is 1. The second-order valence-electron chi connectivity index (χ2n) is 8.01. The van der Waals surface area contributed by atoms with Gasteiger partial charge in [-0.2, -0.15) is 10.1 Å². The predicted molar refractivity (Wildman–Crippen MR) is 113 cm³/mol. The Kier molecular flexibility index (Phi) is 4.95. The molecule has 0 radical (unpaired) electrons. The number of nitrogens with zero attached hydrogens (tertiary/aromatic N) is 4. The fourth-order valence-corrected chi connectivity index (χ4v) is 5.82. The topological polar surface area (TPSA) is 81.9 Å². The molecule has 7 nitrogen and oxygen atoms in total. The van der Waals surface area contributed by atoms with Crippen LogP contribution < -0.4 is 10.1 Å². The van der Waals surface area contributed by atoms with Gasteiger partial charge in [0.05, 0.1) is 17.3 Å². The fourth-order valence-electron chi connectivity index (χ4n) is 4.55. The number of carbonyl (C=O) groups is 1. The molecular weight excluding hydrogens is 386 g/mol. The molecule has 1 N–H and O–H groups in total. The Labute approximate surface area is 173 Å². The van der Waals surface area contributed by atoms with Gasteiger partial charge < -0.3 is 14.8 Å². The summed E-state index contributed by atoms with van der Waals surface area (Å²) in [4.78, 5) is 23.0. The first-order valence-electron chi connectivity index (χ1n) is 10.4. The van der Waals surface area contributed by atoms with Gasteiger partial charge in [0.2, 0.25) is 11.8 Å². The van der Waals surface area contributed by atoms with Crippen molar-refractivity contribution in [1.29, 1.82) is 0 Å². The monoisotopic (exact) mass is 411 g/mol. The van der Waals surface area contributed by atoms with Crippen molar-refractivity contribution in [2.45, 2.75) is 63.4 Å². The number of rotatable bonds is 6. The van der Waals surface area contributed by atoms with Crippen molar-refractivity contribution >= 4 is 39.5 Å². The van der Waals surface area contributed by atoms with Crippen LogP contribution in [0.4, 0.5) is 11.6 Å². The Morgan fingerprint density at radius 2 is 2.14 bits per heavy atom. The number of hydrogen-bond acceptors (Lipinski definition) is 7. The van der Waals surface area contributed by atoms with E-state index in [1.165, 1.54) is 29.7 Å². The average Bonchev–Trinajstić information content (AvgIpc) is 3.39. The Hall–Kier alpha value is -2.48. The molecule has 1 saturated carbocycles. The highest BCUT2D eigenvalue weighted by atomic mass is 32.1. The van der Waals surface area contributed by atoms with Crippen LogP contribution in [0.15, 0.2) is 12.4 Å². The van der Waals surface area contributed by atoms with Crippen molar-refractivity contribution in [2.24, 2.45) is 7.05 Å². The van der Waals surface area contributed by atoms with Crippen molar-refractivity contribution in [3.63, 3.8) is 0 Å². The molecular formula is C21H25N5O2S. The first-order chi connectivity index (χ1) is 14.2. The number of ether oxygens (including phenoxy) is 1. The van der Waals surface area contributed by atoms with E-state index in [0.717, 1.165) is 47.9 Å². The predicted octanol–water partition coefficient (Wildman–Crippen LogP) is 4.50. The van der Waals surface area contributed by atoms with Gasteiger partial charge in [-0.1, -0.05) is 6.42 Å². The van der Waals surface area contributed by atoms with E-state index in [4.69, 9.17) is 14.7 Å². The molecule has 3 aromatic rings. The maximum atomic E-state index is 11.2. The molecule has 2 aliphatic carbocycles. The number of hydrogen-bond donors (Lipinski definition) is 1. The van der Waals surface area contributed by atoms with Crippen LogP contribution >= 0.6 is 11.3 Å². The van der Waals surface area contributed by atoms with Gasteiger partial charge in [0, 0.05) is 24.5 Å². The largest absolute Gasteiger partial charge is 0.474 e. The number of fused-ring (bicyclic) bond motifs is 3. The normalized spacial score (nSPS) is 19.4. The molecule has 1 unspecified atom stereocenters. The maximum Gasteiger partial charge on any atom is 0.232 e. The van der Waals surface area contributed by atoms with Crippen LogP contribution in [-0.2, 0) is 18.3 Å². The smallest absolute Gasteiger partial charge is 0.232 e. The molecule has 0 amide bonds. The summed E-state index contributed by atoms with van der Waals surface area (Å²) < 4.78 is 8.21. The fraction of sp³-hybridized carbons (Fsp3) is 0.524. The summed E-state index contributed by atoms with van der Waals surface area (Å²) in [6.45, 7) is 0. The molecule has 8 heteroatoms. The number of thiophene rings is 1. The zero-order chi connectivity index (χ0) is 19.8. The van der Waals surface area contributed by atoms with Crippen LogP contribution in [0.3, 0.4) is 0 Å². The molecule has 5 rings (SSSR count). The summed E-state index contributed by atoms with van der Waals surface area (Å²) in [5, 5.41) is 8.48. The number of anilines is 2. The summed E-state index contributed by atoms with van der Waals surface area (Å²) in [5.74, 6) is 1.46. The third kappa shape index (κ3) is 3.61. The van der Waals surface area contributed by atoms with Crippen molar-refractivity contribution in [2.75, 3.05) is 5.32 Å². The Balaban J connectivity index is 1.57. The number of aromatic nitrogens is 4. The van der Waals surface area contributed by atoms with Crippen LogP contribution in [0.2, 0.25) is 0 Å². The lowest BCUT2D eigenvalue weighted by atomic mass is 9.97. The molecule has 1 fully saturated rings. The highest BCUT2D eigenvalue weighted by molar-refractivity contribution is 7.19. The lowest BCUT2D eigenvalue weighted by Crippen LogP contribution is -2.20. The lowest BCUT2D eigenvalue weighted by molar-refractivity contribution is -0.108. The third-order valence-corrected chi connectivity index (χ3v) is 7.09. The van der Waals surface area contributed by atoms with E-state index in [2.05, 4.69) is 10.4 Å². The Bertz CT molecular complexity index is 1040. The van der Waals surface area contributed by atoms with Gasteiger partial charge in [-0.05, 0) is 50.0 Å². The molecule has 3 heterocycles. The van der Waals surface area contributed by atoms with Crippen molar-refractivity contribution < 1.29 is 9.53 Å². The van der Waals surface area contributed by atoms with Crippen LogP contribution in [0.5, 0.6) is 5.88 Å². The molecule has 152 valence electrons. The zero-order valence-corrected chi connectivity index (χ0v) is 17.4. The van der Waals surface area contributed by atoms with Gasteiger partial charge in [0.15, 0.2) is 0 Å². The van der Waals surface area contributed by atoms with E-state index < -0.39 is 0 Å². The van der Waals surface area contributed by atoms with Gasteiger partial charge in [-0.15, -0.1) is 11.3 Å². The average molecular weight is 412 g/mol. The summed E-state index contributed by atoms with van der Waals surface area (Å²) in [7, 11) is 1.88. The third-order valence-electron chi connectivity index (χ3n) is 5.93. The number of aryl methyl sites for hydroxylation is 2. The van der Waals surface area contributed by atoms with Crippen molar-refractivity contribution in [3.05, 3.63) is 22.8 Å². The maximum absolute atomic E-state index is 11.2. The molecule has 1 atom stereocenters. The quantitative estimate of drug-likeness (QED) is 0.602. The van der Waals surface area contributed by atoms with E-state index in [1.54, 1.807) is 22.2 Å². The van der Waals surface area contributed by atoms with E-state index in [9.17, 15) is 4.79 Å². The van der Waals surface area contributed by atoms with E-state index >= 15 is 0 Å². The van der Waals surface area contributed by atoms with E-state index in [1.807, 2.05) is 13.2 Å². The molecule has 3 aromatic heterocycles. The van der Waals surface area contributed by atoms with E-state index in [0.29, 0.717) is 18.2 Å².